The van der Waals surface area contributed by atoms with Gasteiger partial charge in [-0.25, -0.2) is 9.97 Å². The minimum atomic E-state index is 0.548. The van der Waals surface area contributed by atoms with Gasteiger partial charge >= 0.3 is 0 Å². The average molecular weight is 398 g/mol. The van der Waals surface area contributed by atoms with Crippen LogP contribution in [0.25, 0.3) is 16.9 Å². The van der Waals surface area contributed by atoms with Crippen LogP contribution < -0.4 is 0 Å². The number of fused-ring (bicyclic) bond motifs is 1. The maximum atomic E-state index is 5.91. The van der Waals surface area contributed by atoms with Gasteiger partial charge in [0.2, 0.25) is 0 Å². The van der Waals surface area contributed by atoms with E-state index in [0.29, 0.717) is 5.88 Å². The summed E-state index contributed by atoms with van der Waals surface area (Å²) in [5.74, 6) is 1.50. The van der Waals surface area contributed by atoms with Crippen LogP contribution in [0.2, 0.25) is 0 Å². The molecule has 2 aromatic heterocycles. The molecule has 2 heterocycles. The van der Waals surface area contributed by atoms with Gasteiger partial charge in [0.1, 0.15) is 11.3 Å². The lowest BCUT2D eigenvalue weighted by molar-refractivity contribution is 0.905. The van der Waals surface area contributed by atoms with E-state index in [2.05, 4.69) is 63.3 Å². The molecule has 102 valence electrons. The van der Waals surface area contributed by atoms with E-state index in [1.807, 2.05) is 12.3 Å². The smallest absolute Gasteiger partial charge is 0.164 e. The molecule has 0 unspecified atom stereocenters. The Morgan fingerprint density at radius 2 is 1.95 bits per heavy atom. The van der Waals surface area contributed by atoms with Crippen LogP contribution in [0.15, 0.2) is 36.5 Å². The molecule has 0 aliphatic heterocycles. The number of halogens is 2. The molecular formula is C15H13ClIN3. The number of imidazole rings is 1. The number of rotatable bonds is 3. The maximum absolute atomic E-state index is 5.91. The predicted molar refractivity (Wildman–Crippen MR) is 90.7 cm³/mol. The highest BCUT2D eigenvalue weighted by Crippen LogP contribution is 2.23. The molecule has 0 saturated carbocycles. The molecule has 0 radical (unpaired) electrons. The summed E-state index contributed by atoms with van der Waals surface area (Å²) >= 11 is 8.21. The maximum Gasteiger partial charge on any atom is 0.164 e. The number of aromatic nitrogens is 3. The molecule has 1 aromatic carbocycles. The summed E-state index contributed by atoms with van der Waals surface area (Å²) in [6.45, 7) is 2.06. The number of benzene rings is 1. The van der Waals surface area contributed by atoms with Gasteiger partial charge in [-0.1, -0.05) is 0 Å². The fraction of sp³-hybridized carbons (Fsp3) is 0.200. The summed E-state index contributed by atoms with van der Waals surface area (Å²) in [6.07, 6.45) is 2.55. The van der Waals surface area contributed by atoms with Crippen molar-refractivity contribution in [3.63, 3.8) is 0 Å². The quantitative estimate of drug-likeness (QED) is 0.492. The summed E-state index contributed by atoms with van der Waals surface area (Å²) in [6, 6.07) is 10.3. The molecule has 3 aromatic rings. The van der Waals surface area contributed by atoms with Crippen LogP contribution in [-0.4, -0.2) is 20.4 Å². The normalized spacial score (nSPS) is 11.2. The number of pyridine rings is 1. The number of hydrogen-bond acceptors (Lipinski definition) is 2. The van der Waals surface area contributed by atoms with E-state index < -0.39 is 0 Å². The van der Waals surface area contributed by atoms with Crippen molar-refractivity contribution >= 4 is 45.4 Å². The van der Waals surface area contributed by atoms with E-state index in [1.54, 1.807) is 0 Å². The Balaban J connectivity index is 2.28. The highest BCUT2D eigenvalue weighted by Gasteiger charge is 2.14. The van der Waals surface area contributed by atoms with Gasteiger partial charge in [-0.15, -0.1) is 11.6 Å². The molecule has 0 aliphatic rings. The standard InChI is InChI=1S/C15H13ClIN3/c1-10-7-9-18-15-14(10)19-13(6-8-16)20(15)12-4-2-11(17)3-5-12/h2-5,7,9H,6,8H2,1H3. The molecule has 5 heteroatoms. The zero-order valence-electron chi connectivity index (χ0n) is 11.0. The van der Waals surface area contributed by atoms with Crippen LogP contribution in [0.5, 0.6) is 0 Å². The second kappa shape index (κ2) is 5.69. The molecule has 0 spiro atoms. The van der Waals surface area contributed by atoms with E-state index in [-0.39, 0.29) is 0 Å². The SMILES string of the molecule is Cc1ccnc2c1nc(CCCl)n2-c1ccc(I)cc1. The van der Waals surface area contributed by atoms with Gasteiger partial charge in [0, 0.05) is 27.8 Å². The van der Waals surface area contributed by atoms with Gasteiger partial charge in [-0.05, 0) is 65.4 Å². The van der Waals surface area contributed by atoms with Gasteiger partial charge in [-0.3, -0.25) is 4.57 Å². The highest BCUT2D eigenvalue weighted by atomic mass is 127. The van der Waals surface area contributed by atoms with E-state index >= 15 is 0 Å². The predicted octanol–water partition coefficient (Wildman–Crippen LogP) is 4.11. The molecule has 20 heavy (non-hydrogen) atoms. The zero-order chi connectivity index (χ0) is 14.1. The monoisotopic (exact) mass is 397 g/mol. The summed E-state index contributed by atoms with van der Waals surface area (Å²) in [7, 11) is 0. The summed E-state index contributed by atoms with van der Waals surface area (Å²) in [5.41, 5.74) is 4.05. The topological polar surface area (TPSA) is 30.7 Å². The molecule has 0 bridgehead atoms. The number of nitrogens with zero attached hydrogens (tertiary/aromatic N) is 3. The third-order valence-electron chi connectivity index (χ3n) is 3.22. The van der Waals surface area contributed by atoms with Crippen LogP contribution in [0.3, 0.4) is 0 Å². The molecule has 0 N–H and O–H groups in total. The van der Waals surface area contributed by atoms with Crippen LogP contribution in [0.4, 0.5) is 0 Å². The largest absolute Gasteiger partial charge is 0.281 e. The number of aryl methyl sites for hydroxylation is 2. The Kier molecular flexibility index (Phi) is 3.94. The van der Waals surface area contributed by atoms with Gasteiger partial charge in [0.15, 0.2) is 5.65 Å². The third kappa shape index (κ3) is 2.42. The van der Waals surface area contributed by atoms with Crippen LogP contribution in [-0.2, 0) is 6.42 Å². The van der Waals surface area contributed by atoms with Crippen molar-refractivity contribution in [2.75, 3.05) is 5.88 Å². The van der Waals surface area contributed by atoms with Crippen molar-refractivity contribution in [3.05, 3.63) is 51.5 Å². The van der Waals surface area contributed by atoms with Crippen LogP contribution >= 0.6 is 34.2 Å². The number of alkyl halides is 1. The lowest BCUT2D eigenvalue weighted by Gasteiger charge is -2.08. The van der Waals surface area contributed by atoms with Gasteiger partial charge in [-0.2, -0.15) is 0 Å². The zero-order valence-corrected chi connectivity index (χ0v) is 13.9. The molecular weight excluding hydrogens is 385 g/mol. The fourth-order valence-corrected chi connectivity index (χ4v) is 2.78. The Morgan fingerprint density at radius 3 is 2.65 bits per heavy atom. The van der Waals surface area contributed by atoms with Crippen LogP contribution in [0, 0.1) is 10.5 Å². The van der Waals surface area contributed by atoms with Gasteiger partial charge in [0.25, 0.3) is 0 Å². The Labute approximate surface area is 136 Å². The fourth-order valence-electron chi connectivity index (χ4n) is 2.25. The second-order valence-electron chi connectivity index (χ2n) is 4.58. The first kappa shape index (κ1) is 13.8. The van der Waals surface area contributed by atoms with Crippen molar-refractivity contribution in [2.24, 2.45) is 0 Å². The first-order valence-corrected chi connectivity index (χ1v) is 7.97. The summed E-state index contributed by atoms with van der Waals surface area (Å²) in [4.78, 5) is 9.21. The molecule has 3 rings (SSSR count). The van der Waals surface area contributed by atoms with Crippen molar-refractivity contribution in [2.45, 2.75) is 13.3 Å². The van der Waals surface area contributed by atoms with Crippen molar-refractivity contribution in [1.82, 2.24) is 14.5 Å². The average Bonchev–Trinajstić information content (AvgIpc) is 2.80. The third-order valence-corrected chi connectivity index (χ3v) is 4.13. The minimum Gasteiger partial charge on any atom is -0.281 e. The van der Waals surface area contributed by atoms with Gasteiger partial charge < -0.3 is 0 Å². The lowest BCUT2D eigenvalue weighted by Crippen LogP contribution is -2.02. The Hall–Kier alpha value is -1.14. The Morgan fingerprint density at radius 1 is 1.20 bits per heavy atom. The first-order chi connectivity index (χ1) is 9.70. The minimum absolute atomic E-state index is 0.548. The van der Waals surface area contributed by atoms with Crippen molar-refractivity contribution < 1.29 is 0 Å². The molecule has 0 fully saturated rings. The Bertz CT molecular complexity index is 750. The first-order valence-electron chi connectivity index (χ1n) is 6.35. The molecule has 0 atom stereocenters. The molecule has 0 saturated heterocycles. The van der Waals surface area contributed by atoms with Crippen molar-refractivity contribution in [3.8, 4) is 5.69 Å². The molecule has 0 aliphatic carbocycles. The molecule has 0 amide bonds. The van der Waals surface area contributed by atoms with Gasteiger partial charge in [0.05, 0.1) is 0 Å². The molecule has 3 nitrogen and oxygen atoms in total. The van der Waals surface area contributed by atoms with Crippen molar-refractivity contribution in [1.29, 1.82) is 0 Å². The highest BCUT2D eigenvalue weighted by molar-refractivity contribution is 14.1. The lowest BCUT2D eigenvalue weighted by atomic mass is 10.2. The van der Waals surface area contributed by atoms with E-state index in [4.69, 9.17) is 16.6 Å². The summed E-state index contributed by atoms with van der Waals surface area (Å²) in [5, 5.41) is 0. The van der Waals surface area contributed by atoms with E-state index in [0.717, 1.165) is 34.7 Å². The summed E-state index contributed by atoms with van der Waals surface area (Å²) < 4.78 is 3.31. The van der Waals surface area contributed by atoms with E-state index in [9.17, 15) is 0 Å². The van der Waals surface area contributed by atoms with E-state index in [1.165, 1.54) is 3.57 Å². The second-order valence-corrected chi connectivity index (χ2v) is 6.20. The van der Waals surface area contributed by atoms with Crippen LogP contribution in [0.1, 0.15) is 11.4 Å². The number of hydrogen-bond donors (Lipinski definition) is 0.